The van der Waals surface area contributed by atoms with E-state index in [1.165, 1.54) is 11.5 Å². The van der Waals surface area contributed by atoms with Crippen molar-refractivity contribution >= 4 is 45.1 Å². The SMILES string of the molecule is O=C(Nc1ccc(C(=O)N2CCOCC2)cc1)Nc1ccc2snnc2c1. The van der Waals surface area contributed by atoms with Crippen LogP contribution in [0.4, 0.5) is 16.2 Å². The smallest absolute Gasteiger partial charge is 0.323 e. The van der Waals surface area contributed by atoms with Gasteiger partial charge in [-0.2, -0.15) is 0 Å². The number of nitrogens with zero attached hydrogens (tertiary/aromatic N) is 3. The number of anilines is 2. The predicted octanol–water partition coefficient (Wildman–Crippen LogP) is 2.81. The van der Waals surface area contributed by atoms with Crippen LogP contribution in [-0.4, -0.2) is 52.7 Å². The van der Waals surface area contributed by atoms with Crippen LogP contribution in [0.2, 0.25) is 0 Å². The van der Waals surface area contributed by atoms with Crippen LogP contribution in [0.3, 0.4) is 0 Å². The lowest BCUT2D eigenvalue weighted by Gasteiger charge is -2.26. The first-order chi connectivity index (χ1) is 13.2. The fourth-order valence-electron chi connectivity index (χ4n) is 2.80. The summed E-state index contributed by atoms with van der Waals surface area (Å²) in [5, 5.41) is 9.50. The number of rotatable bonds is 3. The molecule has 2 heterocycles. The van der Waals surface area contributed by atoms with E-state index in [-0.39, 0.29) is 11.9 Å². The predicted molar refractivity (Wildman–Crippen MR) is 103 cm³/mol. The highest BCUT2D eigenvalue weighted by atomic mass is 32.1. The standard InChI is InChI=1S/C18H17N5O3S/c24-17(23-7-9-26-10-8-23)12-1-3-13(4-2-12)19-18(25)20-14-5-6-16-15(11-14)21-22-27-16/h1-6,11H,7-10H2,(H2,19,20,25). The monoisotopic (exact) mass is 383 g/mol. The van der Waals surface area contributed by atoms with E-state index in [0.717, 1.165) is 10.2 Å². The lowest BCUT2D eigenvalue weighted by molar-refractivity contribution is 0.0303. The Labute approximate surface area is 159 Å². The van der Waals surface area contributed by atoms with Crippen molar-refractivity contribution in [3.8, 4) is 0 Å². The van der Waals surface area contributed by atoms with Gasteiger partial charge in [-0.15, -0.1) is 5.10 Å². The highest BCUT2D eigenvalue weighted by Crippen LogP contribution is 2.20. The third kappa shape index (κ3) is 4.04. The molecule has 0 unspecified atom stereocenters. The number of fused-ring (bicyclic) bond motifs is 1. The van der Waals surface area contributed by atoms with Gasteiger partial charge in [0.2, 0.25) is 0 Å². The number of aromatic nitrogens is 2. The minimum atomic E-state index is -0.371. The van der Waals surface area contributed by atoms with Crippen molar-refractivity contribution in [1.82, 2.24) is 14.5 Å². The molecule has 3 amide bonds. The molecule has 1 saturated heterocycles. The van der Waals surface area contributed by atoms with Crippen LogP contribution >= 0.6 is 11.5 Å². The average molecular weight is 383 g/mol. The van der Waals surface area contributed by atoms with Gasteiger partial charge in [-0.1, -0.05) is 4.49 Å². The Bertz CT molecular complexity index is 967. The molecule has 2 aromatic carbocycles. The minimum Gasteiger partial charge on any atom is -0.378 e. The quantitative estimate of drug-likeness (QED) is 0.725. The van der Waals surface area contributed by atoms with Crippen LogP contribution in [0.15, 0.2) is 42.5 Å². The second-order valence-corrected chi connectivity index (χ2v) is 6.80. The fourth-order valence-corrected chi connectivity index (χ4v) is 3.34. The molecule has 4 rings (SSSR count). The van der Waals surface area contributed by atoms with Crippen molar-refractivity contribution in [2.24, 2.45) is 0 Å². The number of carbonyl (C=O) groups is 2. The van der Waals surface area contributed by atoms with Gasteiger partial charge >= 0.3 is 6.03 Å². The van der Waals surface area contributed by atoms with Crippen LogP contribution in [-0.2, 0) is 4.74 Å². The van der Waals surface area contributed by atoms with Crippen molar-refractivity contribution in [2.75, 3.05) is 36.9 Å². The maximum Gasteiger partial charge on any atom is 0.323 e. The molecule has 138 valence electrons. The van der Waals surface area contributed by atoms with Crippen molar-refractivity contribution in [3.63, 3.8) is 0 Å². The zero-order chi connectivity index (χ0) is 18.6. The van der Waals surface area contributed by atoms with Crippen LogP contribution in [0, 0.1) is 0 Å². The molecular formula is C18H17N5O3S. The lowest BCUT2D eigenvalue weighted by Crippen LogP contribution is -2.40. The summed E-state index contributed by atoms with van der Waals surface area (Å²) in [6.45, 7) is 2.32. The number of hydrogen-bond acceptors (Lipinski definition) is 6. The molecule has 1 aliphatic heterocycles. The Hall–Kier alpha value is -3.04. The Morgan fingerprint density at radius 2 is 1.70 bits per heavy atom. The van der Waals surface area contributed by atoms with Gasteiger partial charge in [0, 0.05) is 30.0 Å². The molecule has 8 nitrogen and oxygen atoms in total. The number of carbonyl (C=O) groups excluding carboxylic acids is 2. The summed E-state index contributed by atoms with van der Waals surface area (Å²) in [6.07, 6.45) is 0. The van der Waals surface area contributed by atoms with Gasteiger partial charge in [0.05, 0.1) is 17.9 Å². The zero-order valence-electron chi connectivity index (χ0n) is 14.3. The summed E-state index contributed by atoms with van der Waals surface area (Å²) in [5.41, 5.74) is 2.56. The molecule has 0 aliphatic carbocycles. The fraction of sp³-hybridized carbons (Fsp3) is 0.222. The van der Waals surface area contributed by atoms with Gasteiger partial charge in [0.25, 0.3) is 5.91 Å². The molecule has 3 aromatic rings. The van der Waals surface area contributed by atoms with E-state index in [9.17, 15) is 9.59 Å². The van der Waals surface area contributed by atoms with Crippen LogP contribution in [0.25, 0.3) is 10.2 Å². The first-order valence-electron chi connectivity index (χ1n) is 8.46. The zero-order valence-corrected chi connectivity index (χ0v) is 15.2. The van der Waals surface area contributed by atoms with Crippen molar-refractivity contribution in [2.45, 2.75) is 0 Å². The number of nitrogens with one attached hydrogen (secondary N) is 2. The second-order valence-electron chi connectivity index (χ2n) is 6.02. The maximum absolute atomic E-state index is 12.4. The van der Waals surface area contributed by atoms with Crippen LogP contribution in [0.5, 0.6) is 0 Å². The van der Waals surface area contributed by atoms with E-state index in [2.05, 4.69) is 20.2 Å². The molecule has 0 spiro atoms. The van der Waals surface area contributed by atoms with Crippen molar-refractivity contribution < 1.29 is 14.3 Å². The summed E-state index contributed by atoms with van der Waals surface area (Å²) in [6, 6.07) is 11.9. The lowest BCUT2D eigenvalue weighted by atomic mass is 10.1. The first kappa shape index (κ1) is 17.4. The summed E-state index contributed by atoms with van der Waals surface area (Å²) >= 11 is 1.30. The molecular weight excluding hydrogens is 366 g/mol. The molecule has 0 atom stereocenters. The molecule has 2 N–H and O–H groups in total. The molecule has 1 aromatic heterocycles. The third-order valence-electron chi connectivity index (χ3n) is 4.19. The van der Waals surface area contributed by atoms with E-state index in [1.807, 2.05) is 6.07 Å². The molecule has 0 bridgehead atoms. The largest absolute Gasteiger partial charge is 0.378 e. The van der Waals surface area contributed by atoms with Crippen LogP contribution < -0.4 is 10.6 Å². The molecule has 0 saturated carbocycles. The van der Waals surface area contributed by atoms with Crippen molar-refractivity contribution in [1.29, 1.82) is 0 Å². The van der Waals surface area contributed by atoms with Gasteiger partial charge in [-0.25, -0.2) is 4.79 Å². The van der Waals surface area contributed by atoms with Gasteiger partial charge in [0.15, 0.2) is 0 Å². The Kier molecular flexibility index (Phi) is 4.95. The van der Waals surface area contributed by atoms with Gasteiger partial charge < -0.3 is 20.3 Å². The summed E-state index contributed by atoms with van der Waals surface area (Å²) in [4.78, 5) is 26.4. The summed E-state index contributed by atoms with van der Waals surface area (Å²) in [5.74, 6) is -0.0283. The number of benzene rings is 2. The molecule has 9 heteroatoms. The number of urea groups is 1. The van der Waals surface area contributed by atoms with E-state index >= 15 is 0 Å². The van der Waals surface area contributed by atoms with E-state index in [0.29, 0.717) is 43.2 Å². The molecule has 0 radical (unpaired) electrons. The first-order valence-corrected chi connectivity index (χ1v) is 9.23. The van der Waals surface area contributed by atoms with Crippen LogP contribution in [0.1, 0.15) is 10.4 Å². The van der Waals surface area contributed by atoms with Gasteiger partial charge in [-0.3, -0.25) is 4.79 Å². The Balaban J connectivity index is 1.37. The van der Waals surface area contributed by atoms with E-state index in [4.69, 9.17) is 4.74 Å². The Morgan fingerprint density at radius 1 is 1.00 bits per heavy atom. The number of ether oxygens (including phenoxy) is 1. The van der Waals surface area contributed by atoms with Gasteiger partial charge in [-0.05, 0) is 54.0 Å². The normalized spacial score (nSPS) is 14.1. The summed E-state index contributed by atoms with van der Waals surface area (Å²) < 4.78 is 10.1. The molecule has 1 fully saturated rings. The van der Waals surface area contributed by atoms with E-state index < -0.39 is 0 Å². The topological polar surface area (TPSA) is 96.5 Å². The minimum absolute atomic E-state index is 0.0283. The highest BCUT2D eigenvalue weighted by Gasteiger charge is 2.18. The average Bonchev–Trinajstić information content (AvgIpc) is 3.16. The molecule has 27 heavy (non-hydrogen) atoms. The van der Waals surface area contributed by atoms with E-state index in [1.54, 1.807) is 41.3 Å². The van der Waals surface area contributed by atoms with Gasteiger partial charge in [0.1, 0.15) is 5.52 Å². The Morgan fingerprint density at radius 3 is 2.48 bits per heavy atom. The molecule has 1 aliphatic rings. The number of amides is 3. The maximum atomic E-state index is 12.4. The van der Waals surface area contributed by atoms with Crippen molar-refractivity contribution in [3.05, 3.63) is 48.0 Å². The second kappa shape index (κ2) is 7.68. The number of morpholine rings is 1. The third-order valence-corrected chi connectivity index (χ3v) is 4.90. The summed E-state index contributed by atoms with van der Waals surface area (Å²) in [7, 11) is 0. The number of hydrogen-bond donors (Lipinski definition) is 2. The highest BCUT2D eigenvalue weighted by molar-refractivity contribution is 7.12.